The Labute approximate surface area is 160 Å². The SMILES string of the molecule is CC[C@]1(COC(C)=O)O[C@@H](n2ccc(N)nc2=O)C(OC(C)=O)C1OC(C)=O. The summed E-state index contributed by atoms with van der Waals surface area (Å²) in [5.74, 6) is -1.90. The van der Waals surface area contributed by atoms with Crippen LogP contribution in [-0.2, 0) is 33.3 Å². The van der Waals surface area contributed by atoms with Crippen LogP contribution in [0.1, 0.15) is 40.3 Å². The Hall–Kier alpha value is -2.95. The van der Waals surface area contributed by atoms with Gasteiger partial charge < -0.3 is 24.7 Å². The summed E-state index contributed by atoms with van der Waals surface area (Å²) in [4.78, 5) is 50.7. The van der Waals surface area contributed by atoms with E-state index in [4.69, 9.17) is 24.7 Å². The molecule has 1 aromatic heterocycles. The molecule has 0 bridgehead atoms. The van der Waals surface area contributed by atoms with Crippen molar-refractivity contribution in [3.05, 3.63) is 22.7 Å². The van der Waals surface area contributed by atoms with Crippen molar-refractivity contribution in [2.45, 2.75) is 58.2 Å². The Morgan fingerprint density at radius 1 is 1.21 bits per heavy atom. The van der Waals surface area contributed by atoms with Crippen LogP contribution in [-0.4, -0.2) is 51.9 Å². The van der Waals surface area contributed by atoms with E-state index in [0.29, 0.717) is 0 Å². The number of carbonyl (C=O) groups excluding carboxylic acids is 3. The number of hydrogen-bond donors (Lipinski definition) is 1. The number of esters is 3. The lowest BCUT2D eigenvalue weighted by atomic mass is 9.92. The van der Waals surface area contributed by atoms with Crippen molar-refractivity contribution < 1.29 is 33.3 Å². The molecule has 2 rings (SSSR count). The number of rotatable bonds is 6. The summed E-state index contributed by atoms with van der Waals surface area (Å²) in [5.41, 5.74) is 3.43. The van der Waals surface area contributed by atoms with Crippen molar-refractivity contribution in [2.75, 3.05) is 12.3 Å². The van der Waals surface area contributed by atoms with Crippen LogP contribution in [0.3, 0.4) is 0 Å². The zero-order valence-electron chi connectivity index (χ0n) is 16.0. The molecular formula is C17H23N3O8. The lowest BCUT2D eigenvalue weighted by Gasteiger charge is -2.32. The monoisotopic (exact) mass is 397 g/mol. The van der Waals surface area contributed by atoms with Crippen molar-refractivity contribution in [1.82, 2.24) is 9.55 Å². The minimum atomic E-state index is -1.34. The second kappa shape index (κ2) is 8.38. The molecule has 28 heavy (non-hydrogen) atoms. The Morgan fingerprint density at radius 3 is 2.36 bits per heavy atom. The van der Waals surface area contributed by atoms with E-state index < -0.39 is 47.6 Å². The summed E-state index contributed by atoms with van der Waals surface area (Å²) in [6, 6.07) is 1.37. The molecule has 1 aromatic rings. The van der Waals surface area contributed by atoms with Gasteiger partial charge in [0.1, 0.15) is 18.0 Å². The number of nitrogens with two attached hydrogens (primary N) is 1. The molecule has 11 heteroatoms. The lowest BCUT2D eigenvalue weighted by Crippen LogP contribution is -2.50. The Balaban J connectivity index is 2.56. The molecule has 0 radical (unpaired) electrons. The molecule has 1 aliphatic rings. The molecule has 2 N–H and O–H groups in total. The molecule has 2 unspecified atom stereocenters. The molecule has 0 aliphatic carbocycles. The topological polar surface area (TPSA) is 149 Å². The van der Waals surface area contributed by atoms with Crippen LogP contribution in [0.25, 0.3) is 0 Å². The number of ether oxygens (including phenoxy) is 4. The molecule has 0 amide bonds. The third-order valence-electron chi connectivity index (χ3n) is 4.29. The molecule has 1 saturated heterocycles. The van der Waals surface area contributed by atoms with Crippen LogP contribution >= 0.6 is 0 Å². The maximum Gasteiger partial charge on any atom is 0.351 e. The first kappa shape index (κ1) is 21.4. The number of aromatic nitrogens is 2. The lowest BCUT2D eigenvalue weighted by molar-refractivity contribution is -0.178. The summed E-state index contributed by atoms with van der Waals surface area (Å²) < 4.78 is 22.9. The quantitative estimate of drug-likeness (QED) is 0.510. The highest BCUT2D eigenvalue weighted by Crippen LogP contribution is 2.42. The van der Waals surface area contributed by atoms with E-state index in [1.165, 1.54) is 33.0 Å². The van der Waals surface area contributed by atoms with Crippen molar-refractivity contribution >= 4 is 23.7 Å². The molecule has 11 nitrogen and oxygen atoms in total. The molecule has 2 heterocycles. The minimum Gasteiger partial charge on any atom is -0.463 e. The summed E-state index contributed by atoms with van der Waals surface area (Å²) >= 11 is 0. The predicted molar refractivity (Wildman–Crippen MR) is 93.8 cm³/mol. The highest BCUT2D eigenvalue weighted by Gasteiger charge is 2.59. The zero-order valence-corrected chi connectivity index (χ0v) is 16.0. The van der Waals surface area contributed by atoms with Crippen LogP contribution in [0.15, 0.2) is 17.1 Å². The van der Waals surface area contributed by atoms with Crippen LogP contribution in [0.4, 0.5) is 5.82 Å². The molecular weight excluding hydrogens is 374 g/mol. The van der Waals surface area contributed by atoms with Crippen LogP contribution in [0.2, 0.25) is 0 Å². The van der Waals surface area contributed by atoms with Gasteiger partial charge in [0.15, 0.2) is 18.4 Å². The van der Waals surface area contributed by atoms with Crippen LogP contribution < -0.4 is 11.4 Å². The number of hydrogen-bond acceptors (Lipinski definition) is 10. The third kappa shape index (κ3) is 4.47. The van der Waals surface area contributed by atoms with Crippen molar-refractivity contribution in [1.29, 1.82) is 0 Å². The van der Waals surface area contributed by atoms with E-state index in [-0.39, 0.29) is 18.8 Å². The molecule has 154 valence electrons. The van der Waals surface area contributed by atoms with Crippen molar-refractivity contribution in [3.63, 3.8) is 0 Å². The summed E-state index contributed by atoms with van der Waals surface area (Å²) in [6.07, 6.45) is -1.94. The molecule has 1 aliphatic heterocycles. The van der Waals surface area contributed by atoms with E-state index in [2.05, 4.69) is 4.98 Å². The largest absolute Gasteiger partial charge is 0.463 e. The fourth-order valence-corrected chi connectivity index (χ4v) is 3.05. The number of nitrogens with zero attached hydrogens (tertiary/aromatic N) is 2. The maximum atomic E-state index is 12.3. The predicted octanol–water partition coefficient (Wildman–Crippen LogP) is -0.0704. The number of nitrogen functional groups attached to an aromatic ring is 1. The summed E-state index contributed by atoms with van der Waals surface area (Å²) in [7, 11) is 0. The average molecular weight is 397 g/mol. The fraction of sp³-hybridized carbons (Fsp3) is 0.588. The molecule has 4 atom stereocenters. The zero-order chi connectivity index (χ0) is 21.1. The van der Waals surface area contributed by atoms with Crippen LogP contribution in [0.5, 0.6) is 0 Å². The van der Waals surface area contributed by atoms with E-state index >= 15 is 0 Å². The van der Waals surface area contributed by atoms with Gasteiger partial charge in [-0.15, -0.1) is 0 Å². The van der Waals surface area contributed by atoms with Crippen molar-refractivity contribution in [3.8, 4) is 0 Å². The van der Waals surface area contributed by atoms with E-state index in [0.717, 1.165) is 4.57 Å². The second-order valence-electron chi connectivity index (χ2n) is 6.35. The third-order valence-corrected chi connectivity index (χ3v) is 4.29. The maximum absolute atomic E-state index is 12.3. The molecule has 1 fully saturated rings. The number of anilines is 1. The fourth-order valence-electron chi connectivity index (χ4n) is 3.05. The summed E-state index contributed by atoms with van der Waals surface area (Å²) in [6.45, 7) is 5.01. The molecule has 0 aromatic carbocycles. The normalized spacial score (nSPS) is 26.5. The van der Waals surface area contributed by atoms with Gasteiger partial charge in [0.25, 0.3) is 0 Å². The first-order chi connectivity index (χ1) is 13.1. The average Bonchev–Trinajstić information content (AvgIpc) is 2.86. The molecule has 0 spiro atoms. The summed E-state index contributed by atoms with van der Waals surface area (Å²) in [5, 5.41) is 0. The Kier molecular flexibility index (Phi) is 6.39. The van der Waals surface area contributed by atoms with Gasteiger partial charge >= 0.3 is 23.6 Å². The van der Waals surface area contributed by atoms with Gasteiger partial charge in [-0.05, 0) is 12.5 Å². The van der Waals surface area contributed by atoms with Gasteiger partial charge in [-0.25, -0.2) is 4.79 Å². The number of carbonyl (C=O) groups is 3. The van der Waals surface area contributed by atoms with Crippen molar-refractivity contribution in [2.24, 2.45) is 0 Å². The van der Waals surface area contributed by atoms with Crippen LogP contribution in [0, 0.1) is 0 Å². The van der Waals surface area contributed by atoms with E-state index in [1.807, 2.05) is 0 Å². The smallest absolute Gasteiger partial charge is 0.351 e. The Morgan fingerprint density at radius 2 is 1.86 bits per heavy atom. The molecule has 0 saturated carbocycles. The highest BCUT2D eigenvalue weighted by atomic mass is 16.7. The second-order valence-corrected chi connectivity index (χ2v) is 6.35. The highest BCUT2D eigenvalue weighted by molar-refractivity contribution is 5.68. The van der Waals surface area contributed by atoms with Gasteiger partial charge in [-0.1, -0.05) is 6.92 Å². The van der Waals surface area contributed by atoms with Gasteiger partial charge in [-0.3, -0.25) is 19.0 Å². The first-order valence-corrected chi connectivity index (χ1v) is 8.60. The Bertz CT molecular complexity index is 823. The van der Waals surface area contributed by atoms with Gasteiger partial charge in [-0.2, -0.15) is 4.98 Å². The minimum absolute atomic E-state index is 0.00138. The van der Waals surface area contributed by atoms with Gasteiger partial charge in [0, 0.05) is 27.0 Å². The van der Waals surface area contributed by atoms with Gasteiger partial charge in [0.05, 0.1) is 0 Å². The standard InChI is InChI=1S/C17H23N3O8/c1-5-17(8-25-9(2)21)14(27-11(4)23)13(26-10(3)22)15(28-17)20-7-6-12(18)19-16(20)24/h6-7,13-15H,5,8H2,1-4H3,(H2,18,19,24)/t13?,14?,15-,17-/m1/s1. The van der Waals surface area contributed by atoms with E-state index in [1.54, 1.807) is 6.92 Å². The van der Waals surface area contributed by atoms with E-state index in [9.17, 15) is 19.2 Å². The first-order valence-electron chi connectivity index (χ1n) is 8.60. The van der Waals surface area contributed by atoms with Gasteiger partial charge in [0.2, 0.25) is 0 Å².